The van der Waals surface area contributed by atoms with Gasteiger partial charge in [-0.05, 0) is 77.9 Å². The summed E-state index contributed by atoms with van der Waals surface area (Å²) in [6.07, 6.45) is 1.12. The molecule has 126 valence electrons. The highest BCUT2D eigenvalue weighted by Gasteiger charge is 2.11. The fourth-order valence-corrected chi connectivity index (χ4v) is 2.59. The molecule has 2 rings (SSSR count). The quantitative estimate of drug-likeness (QED) is 0.703. The molecule has 0 aliphatic carbocycles. The van der Waals surface area contributed by atoms with Crippen molar-refractivity contribution >= 4 is 44.9 Å². The van der Waals surface area contributed by atoms with Gasteiger partial charge in [0.25, 0.3) is 5.91 Å². The van der Waals surface area contributed by atoms with Crippen LogP contribution in [0.15, 0.2) is 53.0 Å². The predicted molar refractivity (Wildman–Crippen MR) is 105 cm³/mol. The summed E-state index contributed by atoms with van der Waals surface area (Å²) in [5, 5.41) is 5.89. The largest absolute Gasteiger partial charge is 0.491 e. The minimum absolute atomic E-state index is 0.175. The Bertz CT molecular complexity index is 719. The Hall–Kier alpha value is -1.92. The molecule has 6 heteroatoms. The van der Waals surface area contributed by atoms with Gasteiger partial charge in [-0.25, -0.2) is 0 Å². The molecule has 1 amide bonds. The molecule has 0 bridgehead atoms. The molecule has 24 heavy (non-hydrogen) atoms. The highest BCUT2D eigenvalue weighted by molar-refractivity contribution is 9.10. The maximum atomic E-state index is 12.2. The number of anilines is 1. The van der Waals surface area contributed by atoms with Gasteiger partial charge in [0.2, 0.25) is 0 Å². The van der Waals surface area contributed by atoms with Crippen LogP contribution in [-0.4, -0.2) is 17.1 Å². The Balaban J connectivity index is 1.92. The number of carbonyl (C=O) groups excluding carboxylic acids is 1. The molecule has 4 nitrogen and oxygen atoms in total. The molecule has 0 aliphatic rings. The summed E-state index contributed by atoms with van der Waals surface area (Å²) in [6.45, 7) is 4.10. The van der Waals surface area contributed by atoms with Gasteiger partial charge in [0.15, 0.2) is 5.11 Å². The van der Waals surface area contributed by atoms with Crippen molar-refractivity contribution in [3.63, 3.8) is 0 Å². The molecule has 0 aromatic heterocycles. The molecule has 0 saturated heterocycles. The van der Waals surface area contributed by atoms with Gasteiger partial charge >= 0.3 is 0 Å². The number of halogens is 1. The zero-order valence-corrected chi connectivity index (χ0v) is 15.9. The van der Waals surface area contributed by atoms with E-state index in [1.165, 1.54) is 0 Å². The molecule has 1 unspecified atom stereocenters. The van der Waals surface area contributed by atoms with E-state index in [0.717, 1.165) is 22.3 Å². The van der Waals surface area contributed by atoms with Gasteiger partial charge < -0.3 is 10.1 Å². The fourth-order valence-electron chi connectivity index (χ4n) is 1.91. The van der Waals surface area contributed by atoms with Gasteiger partial charge in [0.1, 0.15) is 5.75 Å². The predicted octanol–water partition coefficient (Wildman–Crippen LogP) is 4.75. The summed E-state index contributed by atoms with van der Waals surface area (Å²) in [4.78, 5) is 12.2. The van der Waals surface area contributed by atoms with E-state index in [-0.39, 0.29) is 17.1 Å². The Kier molecular flexibility index (Phi) is 6.75. The molecule has 0 spiro atoms. The molecule has 0 radical (unpaired) electrons. The summed E-state index contributed by atoms with van der Waals surface area (Å²) in [5.74, 6) is 0.537. The zero-order valence-electron chi connectivity index (χ0n) is 13.5. The first kappa shape index (κ1) is 18.4. The average Bonchev–Trinajstić information content (AvgIpc) is 2.56. The topological polar surface area (TPSA) is 50.4 Å². The average molecular weight is 407 g/mol. The number of nitrogens with one attached hydrogen (secondary N) is 2. The minimum atomic E-state index is -0.267. The van der Waals surface area contributed by atoms with Crippen LogP contribution >= 0.6 is 28.1 Å². The van der Waals surface area contributed by atoms with Crippen LogP contribution in [0.1, 0.15) is 30.6 Å². The minimum Gasteiger partial charge on any atom is -0.491 e. The van der Waals surface area contributed by atoms with Crippen molar-refractivity contribution in [1.29, 1.82) is 0 Å². The molecular weight excluding hydrogens is 388 g/mol. The maximum Gasteiger partial charge on any atom is 0.258 e. The second kappa shape index (κ2) is 8.80. The van der Waals surface area contributed by atoms with Crippen molar-refractivity contribution in [3.05, 3.63) is 58.6 Å². The van der Waals surface area contributed by atoms with Crippen LogP contribution in [0.2, 0.25) is 0 Å². The van der Waals surface area contributed by atoms with Crippen molar-refractivity contribution < 1.29 is 9.53 Å². The van der Waals surface area contributed by atoms with Crippen LogP contribution in [0.25, 0.3) is 0 Å². The Morgan fingerprint density at radius 1 is 1.21 bits per heavy atom. The normalized spacial score (nSPS) is 11.5. The second-order valence-electron chi connectivity index (χ2n) is 5.25. The number of hydrogen-bond acceptors (Lipinski definition) is 3. The number of ether oxygens (including phenoxy) is 1. The van der Waals surface area contributed by atoms with E-state index >= 15 is 0 Å². The van der Waals surface area contributed by atoms with E-state index < -0.39 is 0 Å². The highest BCUT2D eigenvalue weighted by Crippen LogP contribution is 2.18. The summed E-state index contributed by atoms with van der Waals surface area (Å²) in [5.41, 5.74) is 1.31. The van der Waals surface area contributed by atoms with Crippen molar-refractivity contribution in [2.75, 3.05) is 5.32 Å². The van der Waals surface area contributed by atoms with Gasteiger partial charge in [-0.2, -0.15) is 0 Å². The maximum absolute atomic E-state index is 12.2. The van der Waals surface area contributed by atoms with E-state index in [1.807, 2.05) is 37.3 Å². The van der Waals surface area contributed by atoms with Gasteiger partial charge in [0, 0.05) is 10.2 Å². The van der Waals surface area contributed by atoms with Crippen molar-refractivity contribution in [2.24, 2.45) is 0 Å². The lowest BCUT2D eigenvalue weighted by atomic mass is 10.2. The summed E-state index contributed by atoms with van der Waals surface area (Å²) >= 11 is 8.54. The molecule has 2 aromatic rings. The number of carbonyl (C=O) groups is 1. The van der Waals surface area contributed by atoms with Crippen LogP contribution < -0.4 is 15.4 Å². The molecular formula is C18H19BrN2O2S. The van der Waals surface area contributed by atoms with Crippen LogP contribution in [0, 0.1) is 0 Å². The van der Waals surface area contributed by atoms with Gasteiger partial charge in [0.05, 0.1) is 11.7 Å². The fraction of sp³-hybridized carbons (Fsp3) is 0.222. The smallest absolute Gasteiger partial charge is 0.258 e. The SMILES string of the molecule is CCC(C)Oc1ccc(NC(=S)NC(=O)c2ccccc2Br)cc1. The van der Waals surface area contributed by atoms with Crippen LogP contribution in [0.4, 0.5) is 5.69 Å². The summed E-state index contributed by atoms with van der Waals surface area (Å²) in [6, 6.07) is 14.6. The number of rotatable bonds is 5. The molecule has 2 N–H and O–H groups in total. The standard InChI is InChI=1S/C18H19BrN2O2S/c1-3-12(2)23-14-10-8-13(9-11-14)20-18(24)21-17(22)15-6-4-5-7-16(15)19/h4-12H,3H2,1-2H3,(H2,20,21,22,24). The van der Waals surface area contributed by atoms with E-state index in [0.29, 0.717) is 5.56 Å². The number of amides is 1. The molecule has 2 aromatic carbocycles. The lowest BCUT2D eigenvalue weighted by Crippen LogP contribution is -2.34. The van der Waals surface area contributed by atoms with Crippen LogP contribution in [0.3, 0.4) is 0 Å². The molecule has 0 heterocycles. The summed E-state index contributed by atoms with van der Waals surface area (Å²) < 4.78 is 6.44. The zero-order chi connectivity index (χ0) is 17.5. The lowest BCUT2D eigenvalue weighted by molar-refractivity contribution is 0.0977. The van der Waals surface area contributed by atoms with Crippen molar-refractivity contribution in [3.8, 4) is 5.75 Å². The third-order valence-electron chi connectivity index (χ3n) is 3.37. The van der Waals surface area contributed by atoms with E-state index in [4.69, 9.17) is 17.0 Å². The Morgan fingerprint density at radius 3 is 2.50 bits per heavy atom. The number of thiocarbonyl (C=S) groups is 1. The first-order chi connectivity index (χ1) is 11.5. The van der Waals surface area contributed by atoms with Crippen molar-refractivity contribution in [1.82, 2.24) is 5.32 Å². The van der Waals surface area contributed by atoms with Crippen LogP contribution in [-0.2, 0) is 0 Å². The Morgan fingerprint density at radius 2 is 1.88 bits per heavy atom. The number of benzene rings is 2. The monoisotopic (exact) mass is 406 g/mol. The van der Waals surface area contributed by atoms with E-state index in [2.05, 4.69) is 33.5 Å². The van der Waals surface area contributed by atoms with Crippen molar-refractivity contribution in [2.45, 2.75) is 26.4 Å². The lowest BCUT2D eigenvalue weighted by Gasteiger charge is -2.14. The third-order valence-corrected chi connectivity index (χ3v) is 4.27. The van der Waals surface area contributed by atoms with Gasteiger partial charge in [-0.15, -0.1) is 0 Å². The first-order valence-corrected chi connectivity index (χ1v) is 8.83. The summed E-state index contributed by atoms with van der Waals surface area (Å²) in [7, 11) is 0. The number of hydrogen-bond donors (Lipinski definition) is 2. The molecule has 0 fully saturated rings. The van der Waals surface area contributed by atoms with Gasteiger partial charge in [-0.3, -0.25) is 10.1 Å². The molecule has 0 saturated carbocycles. The van der Waals surface area contributed by atoms with Gasteiger partial charge in [-0.1, -0.05) is 19.1 Å². The van der Waals surface area contributed by atoms with E-state index in [9.17, 15) is 4.79 Å². The highest BCUT2D eigenvalue weighted by atomic mass is 79.9. The van der Waals surface area contributed by atoms with E-state index in [1.54, 1.807) is 18.2 Å². The molecule has 1 atom stereocenters. The second-order valence-corrected chi connectivity index (χ2v) is 6.51. The Labute approximate surface area is 155 Å². The van der Waals surface area contributed by atoms with Crippen LogP contribution in [0.5, 0.6) is 5.75 Å². The molecule has 0 aliphatic heterocycles. The first-order valence-electron chi connectivity index (χ1n) is 7.63. The third kappa shape index (κ3) is 5.32.